The van der Waals surface area contributed by atoms with Gasteiger partial charge in [0.1, 0.15) is 22.6 Å². The molecule has 0 spiro atoms. The first-order chi connectivity index (χ1) is 30.5. The van der Waals surface area contributed by atoms with Crippen molar-refractivity contribution in [3.8, 4) is 57.0 Å². The van der Waals surface area contributed by atoms with Gasteiger partial charge in [0.25, 0.3) is 0 Å². The first-order valence-corrected chi connectivity index (χ1v) is 21.4. The van der Waals surface area contributed by atoms with Gasteiger partial charge in [0.2, 0.25) is 12.5 Å². The average Bonchev–Trinajstić information content (AvgIpc) is 3.97. The zero-order chi connectivity index (χ0) is 44.8. The largest absolute Gasteiger partial charge is 0.493 e. The Morgan fingerprint density at radius 1 is 0.667 bits per heavy atom. The van der Waals surface area contributed by atoms with E-state index in [1.165, 1.54) is 61.4 Å². The van der Waals surface area contributed by atoms with E-state index in [1.54, 1.807) is 53.7 Å². The Bertz CT molecular complexity index is 2750. The standard InChI is InChI=1S/C22H20ClNO7S.C22H21NO7S/c1-28-5-3-6-30-19-10-17-12(8-18(19)29-2)15-9-16(25)13(22(26)27)11-24(15)21(31-17)20-14(23)4-7-32-20;1-27-6-4-7-29-19-11-17-13(9-18(19)28-2)15-10-16(24)14(22(25)26)12-23(15)21(30-17)20-5-3-8-31-20/h4,7-11,21H,3,5-6H2,1-2H3,(H,26,27);3,5,8-12,21H,4,6-7H2,1-2H3,(H,25,26)/t2*21-/m01/s1. The van der Waals surface area contributed by atoms with E-state index in [9.17, 15) is 29.4 Å². The molecule has 2 aromatic carbocycles. The van der Waals surface area contributed by atoms with Crippen molar-refractivity contribution in [3.63, 3.8) is 0 Å². The Labute approximate surface area is 372 Å². The normalized spacial score (nSPS) is 14.3. The summed E-state index contributed by atoms with van der Waals surface area (Å²) < 4.78 is 48.6. The number of ether oxygens (including phenoxy) is 8. The van der Waals surface area contributed by atoms with Crippen molar-refractivity contribution in [2.24, 2.45) is 0 Å². The Morgan fingerprint density at radius 2 is 1.17 bits per heavy atom. The van der Waals surface area contributed by atoms with Crippen LogP contribution in [0.3, 0.4) is 0 Å². The number of rotatable bonds is 16. The number of halogens is 1. The molecule has 0 fully saturated rings. The van der Waals surface area contributed by atoms with Gasteiger partial charge in [-0.15, -0.1) is 22.7 Å². The SMILES string of the molecule is COCCCOc1cc2c(cc1OC)-c1cc(=O)c(C(=O)O)cn1[C@@H](c1cccs1)O2.COCCCOc1cc2c(cc1OC)-c1cc(=O)c(C(=O)O)cn1[C@H](c1sccc1Cl)O2. The summed E-state index contributed by atoms with van der Waals surface area (Å²) in [5.74, 6) is 0.316. The first-order valence-electron chi connectivity index (χ1n) is 19.2. The second kappa shape index (κ2) is 19.8. The van der Waals surface area contributed by atoms with Crippen molar-refractivity contribution >= 4 is 46.2 Å². The molecule has 0 saturated heterocycles. The molecular formula is C44H41ClN2O14S2. The van der Waals surface area contributed by atoms with Crippen LogP contribution >= 0.6 is 34.3 Å². The molecule has 0 bridgehead atoms. The van der Waals surface area contributed by atoms with Crippen LogP contribution in [-0.4, -0.2) is 86.2 Å². The summed E-state index contributed by atoms with van der Waals surface area (Å²) >= 11 is 9.21. The Morgan fingerprint density at radius 3 is 1.60 bits per heavy atom. The molecule has 0 aliphatic carbocycles. The van der Waals surface area contributed by atoms with Crippen LogP contribution in [0.25, 0.3) is 22.5 Å². The van der Waals surface area contributed by atoms with E-state index >= 15 is 0 Å². The van der Waals surface area contributed by atoms with Crippen molar-refractivity contribution < 1.29 is 57.7 Å². The number of pyridine rings is 2. The molecule has 2 aliphatic rings. The lowest BCUT2D eigenvalue weighted by molar-refractivity contribution is 0.0682. The molecule has 6 aromatic rings. The van der Waals surface area contributed by atoms with E-state index in [0.717, 1.165) is 4.88 Å². The first kappa shape index (κ1) is 44.7. The minimum absolute atomic E-state index is 0.317. The van der Waals surface area contributed by atoms with E-state index in [-0.39, 0.29) is 11.1 Å². The smallest absolute Gasteiger partial charge is 0.341 e. The number of aromatic carboxylic acids is 2. The summed E-state index contributed by atoms with van der Waals surface area (Å²) in [6, 6.07) is 15.0. The Kier molecular flexibility index (Phi) is 14.1. The molecule has 6 heterocycles. The average molecular weight is 921 g/mol. The van der Waals surface area contributed by atoms with Crippen molar-refractivity contribution in [2.45, 2.75) is 25.3 Å². The predicted molar refractivity (Wildman–Crippen MR) is 234 cm³/mol. The fourth-order valence-electron chi connectivity index (χ4n) is 6.88. The number of hydrogen-bond acceptors (Lipinski definition) is 14. The van der Waals surface area contributed by atoms with Crippen LogP contribution in [0, 0.1) is 0 Å². The molecule has 2 aliphatic heterocycles. The van der Waals surface area contributed by atoms with Gasteiger partial charge in [-0.2, -0.15) is 0 Å². The second-order valence-electron chi connectivity index (χ2n) is 13.8. The van der Waals surface area contributed by atoms with Crippen LogP contribution in [0.4, 0.5) is 0 Å². The molecule has 0 radical (unpaired) electrons. The zero-order valence-electron chi connectivity index (χ0n) is 34.3. The maximum atomic E-state index is 12.5. The third kappa shape index (κ3) is 9.40. The summed E-state index contributed by atoms with van der Waals surface area (Å²) in [6.45, 7) is 1.99. The molecule has 16 nitrogen and oxygen atoms in total. The van der Waals surface area contributed by atoms with Gasteiger partial charge in [0.15, 0.2) is 33.9 Å². The number of carboxylic acid groups (broad SMARTS) is 2. The lowest BCUT2D eigenvalue weighted by Crippen LogP contribution is -2.27. The lowest BCUT2D eigenvalue weighted by atomic mass is 10.0. The molecule has 2 atom stereocenters. The zero-order valence-corrected chi connectivity index (χ0v) is 36.7. The number of carbonyl (C=O) groups is 2. The van der Waals surface area contributed by atoms with Gasteiger partial charge in [0.05, 0.1) is 53.6 Å². The lowest BCUT2D eigenvalue weighted by Gasteiger charge is -2.31. The van der Waals surface area contributed by atoms with Gasteiger partial charge in [-0.05, 0) is 35.0 Å². The highest BCUT2D eigenvalue weighted by Crippen LogP contribution is 2.48. The summed E-state index contributed by atoms with van der Waals surface area (Å²) in [7, 11) is 6.30. The van der Waals surface area contributed by atoms with Crippen LogP contribution in [0.5, 0.6) is 34.5 Å². The fraction of sp³-hybridized carbons (Fsp3) is 0.273. The van der Waals surface area contributed by atoms with E-state index in [2.05, 4.69) is 0 Å². The quantitative estimate of drug-likeness (QED) is 0.0890. The summed E-state index contributed by atoms with van der Waals surface area (Å²) in [5, 5.41) is 23.1. The van der Waals surface area contributed by atoms with Crippen LogP contribution < -0.4 is 39.3 Å². The predicted octanol–water partition coefficient (Wildman–Crippen LogP) is 7.93. The van der Waals surface area contributed by atoms with Crippen molar-refractivity contribution in [2.75, 3.05) is 54.9 Å². The second-order valence-corrected chi connectivity index (χ2v) is 16.1. The molecule has 2 N–H and O–H groups in total. The van der Waals surface area contributed by atoms with E-state index in [1.807, 2.05) is 22.9 Å². The van der Waals surface area contributed by atoms with E-state index in [0.29, 0.717) is 106 Å². The Balaban J connectivity index is 0.000000189. The molecule has 0 saturated carbocycles. The van der Waals surface area contributed by atoms with Crippen molar-refractivity contribution in [1.82, 2.24) is 9.13 Å². The number of hydrogen-bond donors (Lipinski definition) is 2. The summed E-state index contributed by atoms with van der Waals surface area (Å²) in [6.07, 6.45) is 2.65. The van der Waals surface area contributed by atoms with Gasteiger partial charge in [0, 0.05) is 88.1 Å². The monoisotopic (exact) mass is 920 g/mol. The van der Waals surface area contributed by atoms with Crippen LogP contribution in [0.2, 0.25) is 5.02 Å². The fourth-order valence-corrected chi connectivity index (χ4v) is 8.80. The van der Waals surface area contributed by atoms with E-state index < -0.39 is 35.3 Å². The molecule has 0 amide bonds. The number of nitrogens with zero attached hydrogens (tertiary/aromatic N) is 2. The topological polar surface area (TPSA) is 192 Å². The van der Waals surface area contributed by atoms with Crippen LogP contribution in [0.1, 0.15) is 55.8 Å². The van der Waals surface area contributed by atoms with Gasteiger partial charge in [-0.1, -0.05) is 17.7 Å². The molecule has 8 rings (SSSR count). The number of benzene rings is 2. The number of methoxy groups -OCH3 is 4. The highest BCUT2D eigenvalue weighted by Gasteiger charge is 2.33. The number of thiophene rings is 2. The van der Waals surface area contributed by atoms with Gasteiger partial charge >= 0.3 is 11.9 Å². The van der Waals surface area contributed by atoms with E-state index in [4.69, 9.17) is 49.5 Å². The van der Waals surface area contributed by atoms with Crippen molar-refractivity contribution in [1.29, 1.82) is 0 Å². The highest BCUT2D eigenvalue weighted by atomic mass is 35.5. The molecule has 19 heteroatoms. The maximum absolute atomic E-state index is 12.5. The highest BCUT2D eigenvalue weighted by molar-refractivity contribution is 7.10. The minimum atomic E-state index is -1.32. The summed E-state index contributed by atoms with van der Waals surface area (Å²) in [4.78, 5) is 49.6. The van der Waals surface area contributed by atoms with Crippen LogP contribution in [-0.2, 0) is 9.47 Å². The Hall–Kier alpha value is -6.31. The number of carboxylic acids is 2. The van der Waals surface area contributed by atoms with Crippen LogP contribution in [0.15, 0.2) is 87.3 Å². The molecular weight excluding hydrogens is 880 g/mol. The molecule has 4 aromatic heterocycles. The van der Waals surface area contributed by atoms with Gasteiger partial charge < -0.3 is 57.2 Å². The number of aromatic nitrogens is 2. The van der Waals surface area contributed by atoms with Gasteiger partial charge in [-0.3, -0.25) is 9.59 Å². The minimum Gasteiger partial charge on any atom is -0.493 e. The van der Waals surface area contributed by atoms with Gasteiger partial charge in [-0.25, -0.2) is 9.59 Å². The maximum Gasteiger partial charge on any atom is 0.341 e. The third-order valence-corrected chi connectivity index (χ3v) is 12.1. The van der Waals surface area contributed by atoms with Crippen molar-refractivity contribution in [3.05, 3.63) is 124 Å². The number of fused-ring (bicyclic) bond motifs is 6. The molecule has 330 valence electrons. The summed E-state index contributed by atoms with van der Waals surface area (Å²) in [5.41, 5.74) is 0.360. The molecule has 0 unspecified atom stereocenters. The molecule has 63 heavy (non-hydrogen) atoms. The third-order valence-electron chi connectivity index (χ3n) is 9.84.